The van der Waals surface area contributed by atoms with E-state index in [0.29, 0.717) is 5.69 Å². The molecule has 0 aliphatic rings. The number of halogens is 1. The van der Waals surface area contributed by atoms with Crippen molar-refractivity contribution in [3.63, 3.8) is 0 Å². The van der Waals surface area contributed by atoms with Gasteiger partial charge in [0.05, 0.1) is 7.11 Å². The molecule has 0 fully saturated rings. The first-order valence-corrected chi connectivity index (χ1v) is 5.92. The molecule has 88 valence electrons. The molecule has 0 saturated carbocycles. The van der Waals surface area contributed by atoms with Gasteiger partial charge in [0.25, 0.3) is 0 Å². The van der Waals surface area contributed by atoms with Gasteiger partial charge < -0.3 is 9.30 Å². The second-order valence-corrected chi connectivity index (χ2v) is 4.60. The smallest absolute Gasteiger partial charge is 0.355 e. The van der Waals surface area contributed by atoms with E-state index in [4.69, 9.17) is 4.74 Å². The Balaban J connectivity index is 2.52. The fourth-order valence-electron chi connectivity index (χ4n) is 1.74. The van der Waals surface area contributed by atoms with E-state index in [1.165, 1.54) is 7.11 Å². The van der Waals surface area contributed by atoms with Crippen molar-refractivity contribution >= 4 is 21.9 Å². The number of benzene rings is 1. The van der Waals surface area contributed by atoms with Crippen LogP contribution in [0.3, 0.4) is 0 Å². The molecule has 2 aromatic rings. The van der Waals surface area contributed by atoms with E-state index in [1.807, 2.05) is 43.6 Å². The van der Waals surface area contributed by atoms with Crippen LogP contribution in [0.5, 0.6) is 0 Å². The quantitative estimate of drug-likeness (QED) is 0.796. The minimum absolute atomic E-state index is 0.324. The van der Waals surface area contributed by atoms with Gasteiger partial charge in [-0.3, -0.25) is 0 Å². The lowest BCUT2D eigenvalue weighted by Gasteiger charge is -2.05. The van der Waals surface area contributed by atoms with Crippen LogP contribution in [-0.4, -0.2) is 17.6 Å². The molecule has 3 nitrogen and oxygen atoms in total. The van der Waals surface area contributed by atoms with Gasteiger partial charge in [0.1, 0.15) is 5.69 Å². The van der Waals surface area contributed by atoms with Crippen molar-refractivity contribution in [1.82, 2.24) is 4.57 Å². The van der Waals surface area contributed by atoms with Crippen LogP contribution in [0.2, 0.25) is 0 Å². The van der Waals surface area contributed by atoms with Gasteiger partial charge in [-0.05, 0) is 23.8 Å². The fourth-order valence-corrected chi connectivity index (χ4v) is 2.01. The largest absolute Gasteiger partial charge is 0.464 e. The Labute approximate surface area is 108 Å². The molecule has 0 amide bonds. The van der Waals surface area contributed by atoms with Crippen molar-refractivity contribution in [3.8, 4) is 11.1 Å². The number of carbonyl (C=O) groups is 1. The third kappa shape index (κ3) is 2.26. The molecule has 0 radical (unpaired) electrons. The van der Waals surface area contributed by atoms with E-state index < -0.39 is 0 Å². The zero-order valence-corrected chi connectivity index (χ0v) is 11.2. The van der Waals surface area contributed by atoms with Crippen molar-refractivity contribution in [2.45, 2.75) is 0 Å². The van der Waals surface area contributed by atoms with Crippen molar-refractivity contribution in [1.29, 1.82) is 0 Å². The molecule has 4 heteroatoms. The average Bonchev–Trinajstić information content (AvgIpc) is 2.71. The zero-order valence-electron chi connectivity index (χ0n) is 9.61. The van der Waals surface area contributed by atoms with E-state index in [2.05, 4.69) is 15.9 Å². The van der Waals surface area contributed by atoms with Gasteiger partial charge in [-0.2, -0.15) is 0 Å². The fraction of sp³-hybridized carbons (Fsp3) is 0.154. The Hall–Kier alpha value is -1.55. The van der Waals surface area contributed by atoms with Crippen LogP contribution < -0.4 is 0 Å². The molecule has 0 unspecified atom stereocenters. The summed E-state index contributed by atoms with van der Waals surface area (Å²) in [5, 5.41) is 0. The summed E-state index contributed by atoms with van der Waals surface area (Å²) in [5.74, 6) is -0.324. The van der Waals surface area contributed by atoms with Crippen LogP contribution in [0.25, 0.3) is 11.1 Å². The van der Waals surface area contributed by atoms with Crippen molar-refractivity contribution in [2.75, 3.05) is 7.11 Å². The van der Waals surface area contributed by atoms with Crippen LogP contribution in [0.1, 0.15) is 10.5 Å². The highest BCUT2D eigenvalue weighted by atomic mass is 79.9. The van der Waals surface area contributed by atoms with Gasteiger partial charge in [-0.15, -0.1) is 0 Å². The lowest BCUT2D eigenvalue weighted by Crippen LogP contribution is -2.08. The molecular formula is C13H12BrNO2. The van der Waals surface area contributed by atoms with Crippen LogP contribution in [0, 0.1) is 0 Å². The van der Waals surface area contributed by atoms with Gasteiger partial charge in [0.2, 0.25) is 0 Å². The summed E-state index contributed by atoms with van der Waals surface area (Å²) in [6.07, 6.45) is 1.85. The van der Waals surface area contributed by atoms with Crippen molar-refractivity contribution in [3.05, 3.63) is 46.7 Å². The minimum atomic E-state index is -0.324. The van der Waals surface area contributed by atoms with Crippen LogP contribution in [-0.2, 0) is 11.8 Å². The van der Waals surface area contributed by atoms with E-state index in [9.17, 15) is 4.79 Å². The van der Waals surface area contributed by atoms with Crippen LogP contribution in [0.15, 0.2) is 41.0 Å². The molecule has 0 atom stereocenters. The highest BCUT2D eigenvalue weighted by Crippen LogP contribution is 2.26. The normalized spacial score (nSPS) is 10.3. The summed E-state index contributed by atoms with van der Waals surface area (Å²) >= 11 is 3.39. The molecule has 0 saturated heterocycles. The van der Waals surface area contributed by atoms with E-state index in [-0.39, 0.29) is 5.97 Å². The summed E-state index contributed by atoms with van der Waals surface area (Å²) in [4.78, 5) is 11.7. The molecule has 1 aromatic carbocycles. The number of ether oxygens (including phenoxy) is 1. The number of methoxy groups -OCH3 is 1. The van der Waals surface area contributed by atoms with Gasteiger partial charge >= 0.3 is 5.97 Å². The molecular weight excluding hydrogens is 282 g/mol. The lowest BCUT2D eigenvalue weighted by molar-refractivity contribution is 0.0591. The molecule has 0 N–H and O–H groups in total. The predicted octanol–water partition coefficient (Wildman–Crippen LogP) is 3.24. The summed E-state index contributed by atoms with van der Waals surface area (Å²) < 4.78 is 7.57. The van der Waals surface area contributed by atoms with E-state index in [0.717, 1.165) is 15.6 Å². The topological polar surface area (TPSA) is 31.2 Å². The Bertz CT molecular complexity index is 543. The number of hydrogen-bond donors (Lipinski definition) is 0. The Morgan fingerprint density at radius 3 is 2.47 bits per heavy atom. The standard InChI is InChI=1S/C13H12BrNO2/c1-15-8-7-11(12(15)13(16)17-2)9-3-5-10(14)6-4-9/h3-8H,1-2H3. The molecule has 2 rings (SSSR count). The van der Waals surface area contributed by atoms with Crippen LogP contribution >= 0.6 is 15.9 Å². The van der Waals surface area contributed by atoms with Gasteiger partial charge in [-0.25, -0.2) is 4.79 Å². The molecule has 0 aliphatic heterocycles. The number of rotatable bonds is 2. The first-order valence-electron chi connectivity index (χ1n) is 5.13. The molecule has 1 heterocycles. The number of aromatic nitrogens is 1. The third-order valence-corrected chi connectivity index (χ3v) is 3.14. The van der Waals surface area contributed by atoms with Gasteiger partial charge in [0, 0.05) is 23.3 Å². The summed E-state index contributed by atoms with van der Waals surface area (Å²) in [6, 6.07) is 9.74. The summed E-state index contributed by atoms with van der Waals surface area (Å²) in [5.41, 5.74) is 2.44. The predicted molar refractivity (Wildman–Crippen MR) is 69.9 cm³/mol. The van der Waals surface area contributed by atoms with E-state index in [1.54, 1.807) is 4.57 Å². The third-order valence-electron chi connectivity index (χ3n) is 2.61. The SMILES string of the molecule is COC(=O)c1c(-c2ccc(Br)cc2)ccn1C. The molecule has 0 spiro atoms. The van der Waals surface area contributed by atoms with Crippen molar-refractivity contribution < 1.29 is 9.53 Å². The average molecular weight is 294 g/mol. The van der Waals surface area contributed by atoms with Crippen LogP contribution in [0.4, 0.5) is 0 Å². The highest BCUT2D eigenvalue weighted by molar-refractivity contribution is 9.10. The van der Waals surface area contributed by atoms with E-state index >= 15 is 0 Å². The highest BCUT2D eigenvalue weighted by Gasteiger charge is 2.16. The Kier molecular flexibility index (Phi) is 3.33. The van der Waals surface area contributed by atoms with Crippen molar-refractivity contribution in [2.24, 2.45) is 7.05 Å². The summed E-state index contributed by atoms with van der Waals surface area (Å²) in [7, 11) is 3.22. The number of hydrogen-bond acceptors (Lipinski definition) is 2. The van der Waals surface area contributed by atoms with Gasteiger partial charge in [0.15, 0.2) is 0 Å². The maximum atomic E-state index is 11.7. The lowest BCUT2D eigenvalue weighted by atomic mass is 10.1. The number of carbonyl (C=O) groups excluding carboxylic acids is 1. The first kappa shape index (κ1) is 11.9. The Morgan fingerprint density at radius 2 is 1.88 bits per heavy atom. The number of aryl methyl sites for hydroxylation is 1. The number of esters is 1. The maximum Gasteiger partial charge on any atom is 0.355 e. The Morgan fingerprint density at radius 1 is 1.24 bits per heavy atom. The first-order chi connectivity index (χ1) is 8.13. The zero-order chi connectivity index (χ0) is 12.4. The maximum absolute atomic E-state index is 11.7. The molecule has 0 bridgehead atoms. The second kappa shape index (κ2) is 4.75. The number of nitrogens with zero attached hydrogens (tertiary/aromatic N) is 1. The minimum Gasteiger partial charge on any atom is -0.464 e. The molecule has 1 aromatic heterocycles. The van der Waals surface area contributed by atoms with Gasteiger partial charge in [-0.1, -0.05) is 28.1 Å². The molecule has 17 heavy (non-hydrogen) atoms. The summed E-state index contributed by atoms with van der Waals surface area (Å²) in [6.45, 7) is 0. The second-order valence-electron chi connectivity index (χ2n) is 3.69. The molecule has 0 aliphatic carbocycles. The monoisotopic (exact) mass is 293 g/mol.